The monoisotopic (exact) mass is 346 g/mol. The van der Waals surface area contributed by atoms with Crippen LogP contribution in [0, 0.1) is 0 Å². The van der Waals surface area contributed by atoms with Crippen LogP contribution in [0.25, 0.3) is 0 Å². The number of unbranched alkanes of at least 4 members (excludes halogenated alkanes) is 1. The van der Waals surface area contributed by atoms with Gasteiger partial charge < -0.3 is 14.2 Å². The van der Waals surface area contributed by atoms with E-state index in [0.29, 0.717) is 30.9 Å². The number of rotatable bonds is 9. The van der Waals surface area contributed by atoms with E-state index < -0.39 is 10.1 Å². The summed E-state index contributed by atoms with van der Waals surface area (Å²) in [5.74, 6) is 0.843. The molecule has 0 aliphatic rings. The van der Waals surface area contributed by atoms with Gasteiger partial charge in [-0.05, 0) is 37.1 Å². The summed E-state index contributed by atoms with van der Waals surface area (Å²) in [6.45, 7) is 0.358. The van der Waals surface area contributed by atoms with Crippen molar-refractivity contribution >= 4 is 22.2 Å². The Hall–Kier alpha value is 0.676. The summed E-state index contributed by atoms with van der Waals surface area (Å²) < 4.78 is 41.2. The predicted molar refractivity (Wildman–Crippen MR) is 71.0 cm³/mol. The van der Waals surface area contributed by atoms with E-state index in [-0.39, 0.29) is 57.1 Å². The van der Waals surface area contributed by atoms with Crippen LogP contribution in [-0.4, -0.2) is 31.6 Å². The van der Waals surface area contributed by atoms with Gasteiger partial charge >= 0.3 is 51.4 Å². The van der Waals surface area contributed by atoms with Gasteiger partial charge in [0.1, 0.15) is 5.75 Å². The maximum absolute atomic E-state index is 10.4. The minimum atomic E-state index is -4.12. The Morgan fingerprint density at radius 3 is 2.30 bits per heavy atom. The zero-order chi connectivity index (χ0) is 14.1. The van der Waals surface area contributed by atoms with E-state index in [9.17, 15) is 13.0 Å². The van der Waals surface area contributed by atoms with Gasteiger partial charge in [0.15, 0.2) is 5.75 Å². The second-order valence-corrected chi connectivity index (χ2v) is 5.60. The van der Waals surface area contributed by atoms with E-state index in [4.69, 9.17) is 14.0 Å². The van der Waals surface area contributed by atoms with Gasteiger partial charge in [-0.3, -0.25) is 0 Å². The van der Waals surface area contributed by atoms with E-state index in [1.54, 1.807) is 30.5 Å². The van der Waals surface area contributed by atoms with Crippen LogP contribution in [0.5, 0.6) is 11.5 Å². The van der Waals surface area contributed by atoms with Crippen molar-refractivity contribution in [3.05, 3.63) is 24.3 Å². The molecule has 0 saturated heterocycles. The molecule has 20 heavy (non-hydrogen) atoms. The predicted octanol–water partition coefficient (Wildman–Crippen LogP) is -1.02. The van der Waals surface area contributed by atoms with Crippen LogP contribution >= 0.6 is 12.0 Å². The molecular weight excluding hydrogens is 331 g/mol. The Kier molecular flexibility index (Phi) is 11.7. The van der Waals surface area contributed by atoms with Crippen LogP contribution < -0.4 is 61.0 Å². The van der Waals surface area contributed by atoms with Crippen molar-refractivity contribution < 1.29 is 78.3 Å². The van der Waals surface area contributed by atoms with Crippen LogP contribution in [0.1, 0.15) is 12.8 Å². The number of benzene rings is 1. The normalized spacial score (nSPS) is 10.7. The van der Waals surface area contributed by atoms with Crippen molar-refractivity contribution in [2.24, 2.45) is 0 Å². The molecule has 0 fully saturated rings. The van der Waals surface area contributed by atoms with Crippen molar-refractivity contribution in [1.82, 2.24) is 0 Å². The van der Waals surface area contributed by atoms with E-state index >= 15 is 0 Å². The molecule has 0 aliphatic heterocycles. The molecular formula is C11H15KO6S2. The average molecular weight is 346 g/mol. The summed E-state index contributed by atoms with van der Waals surface area (Å²) in [4.78, 5) is 4.90. The third-order valence-corrected chi connectivity index (χ3v) is 3.07. The van der Waals surface area contributed by atoms with Gasteiger partial charge in [0, 0.05) is 24.1 Å². The van der Waals surface area contributed by atoms with E-state index in [0.717, 1.165) is 12.0 Å². The summed E-state index contributed by atoms with van der Waals surface area (Å²) in [6.07, 6.45) is 2.55. The molecule has 0 spiro atoms. The molecule has 0 radical (unpaired) electrons. The molecule has 1 aromatic rings. The molecule has 9 heteroatoms. The van der Waals surface area contributed by atoms with E-state index in [1.165, 1.54) is 0 Å². The summed E-state index contributed by atoms with van der Waals surface area (Å²) in [6, 6.07) is 6.80. The molecule has 6 nitrogen and oxygen atoms in total. The second-order valence-electron chi connectivity index (χ2n) is 3.61. The summed E-state index contributed by atoms with van der Waals surface area (Å²) in [7, 11) is -4.12. The molecule has 0 unspecified atom stereocenters. The van der Waals surface area contributed by atoms with Crippen molar-refractivity contribution in [1.29, 1.82) is 0 Å². The number of hydrogen-bond acceptors (Lipinski definition) is 7. The minimum absolute atomic E-state index is 0. The quantitative estimate of drug-likeness (QED) is 0.141. The zero-order valence-electron chi connectivity index (χ0n) is 11.4. The summed E-state index contributed by atoms with van der Waals surface area (Å²) in [5.41, 5.74) is 0. The second kappa shape index (κ2) is 11.3. The average Bonchev–Trinajstić information content (AvgIpc) is 2.36. The number of hydrogen-bond donors (Lipinski definition) is 0. The van der Waals surface area contributed by atoms with Gasteiger partial charge in [0.2, 0.25) is 0 Å². The first kappa shape index (κ1) is 20.7. The SMILES string of the molecule is CSOOc1ccc(OCCCCS(=O)(=O)[O-])cc1.[K+]. The third-order valence-electron chi connectivity index (χ3n) is 2.08. The summed E-state index contributed by atoms with van der Waals surface area (Å²) in [5, 5.41) is 0. The molecule has 0 aliphatic carbocycles. The van der Waals surface area contributed by atoms with Crippen LogP contribution in [-0.2, 0) is 14.5 Å². The smallest absolute Gasteiger partial charge is 0.748 e. The molecule has 1 aromatic carbocycles. The molecule has 0 aromatic heterocycles. The van der Waals surface area contributed by atoms with Gasteiger partial charge in [-0.25, -0.2) is 8.42 Å². The fourth-order valence-electron chi connectivity index (χ4n) is 1.24. The zero-order valence-corrected chi connectivity index (χ0v) is 16.2. The Bertz CT molecular complexity index is 462. The van der Waals surface area contributed by atoms with Gasteiger partial charge in [-0.15, -0.1) is 4.33 Å². The van der Waals surface area contributed by atoms with Crippen molar-refractivity contribution in [2.75, 3.05) is 18.6 Å². The molecule has 0 atom stereocenters. The maximum atomic E-state index is 10.4. The van der Waals surface area contributed by atoms with E-state index in [2.05, 4.69) is 0 Å². The fraction of sp³-hybridized carbons (Fsp3) is 0.455. The maximum Gasteiger partial charge on any atom is 1.00 e. The first-order valence-corrected chi connectivity index (χ1v) is 8.28. The van der Waals surface area contributed by atoms with Crippen molar-refractivity contribution in [3.63, 3.8) is 0 Å². The van der Waals surface area contributed by atoms with Crippen LogP contribution in [0.3, 0.4) is 0 Å². The standard InChI is InChI=1S/C11H16O6S2.K/c1-18-17-16-11-6-4-10(5-7-11)15-8-2-3-9-19(12,13)14;/h4-7H,2-3,8-9H2,1H3,(H,12,13,14);/q;+1/p-1. The Balaban J connectivity index is 0.00000361. The molecule has 0 saturated carbocycles. The van der Waals surface area contributed by atoms with Crippen LogP contribution in [0.4, 0.5) is 0 Å². The molecule has 0 amide bonds. The topological polar surface area (TPSA) is 84.9 Å². The Morgan fingerprint density at radius 1 is 1.15 bits per heavy atom. The van der Waals surface area contributed by atoms with Crippen LogP contribution in [0.15, 0.2) is 24.3 Å². The van der Waals surface area contributed by atoms with Gasteiger partial charge in [0.05, 0.1) is 16.7 Å². The van der Waals surface area contributed by atoms with Gasteiger partial charge in [-0.1, -0.05) is 0 Å². The molecule has 108 valence electrons. The fourth-order valence-corrected chi connectivity index (χ4v) is 1.94. The summed E-state index contributed by atoms with van der Waals surface area (Å²) >= 11 is 1.09. The van der Waals surface area contributed by atoms with Gasteiger partial charge in [0.25, 0.3) is 0 Å². The first-order chi connectivity index (χ1) is 9.01. The Morgan fingerprint density at radius 2 is 1.75 bits per heavy atom. The van der Waals surface area contributed by atoms with Crippen molar-refractivity contribution in [3.8, 4) is 11.5 Å². The molecule has 0 N–H and O–H groups in total. The number of ether oxygens (including phenoxy) is 1. The van der Waals surface area contributed by atoms with Crippen LogP contribution in [0.2, 0.25) is 0 Å². The first-order valence-electron chi connectivity index (χ1n) is 5.55. The molecule has 0 bridgehead atoms. The molecule has 1 rings (SSSR count). The minimum Gasteiger partial charge on any atom is -0.748 e. The third kappa shape index (κ3) is 10.4. The van der Waals surface area contributed by atoms with Crippen molar-refractivity contribution in [2.45, 2.75) is 12.8 Å². The Labute approximate surface area is 165 Å². The van der Waals surface area contributed by atoms with Gasteiger partial charge in [-0.2, -0.15) is 0 Å². The van der Waals surface area contributed by atoms with E-state index in [1.807, 2.05) is 0 Å². The molecule has 0 heterocycles. The largest absolute Gasteiger partial charge is 1.00 e.